The van der Waals surface area contributed by atoms with Crippen molar-refractivity contribution < 1.29 is 23.0 Å². The molecule has 5 nitrogen and oxygen atoms in total. The van der Waals surface area contributed by atoms with Gasteiger partial charge in [-0.05, 0) is 62.9 Å². The van der Waals surface area contributed by atoms with Gasteiger partial charge in [0.25, 0.3) is 5.76 Å². The third-order valence-electron chi connectivity index (χ3n) is 4.35. The second-order valence-electron chi connectivity index (χ2n) is 6.40. The van der Waals surface area contributed by atoms with Crippen LogP contribution < -0.4 is 14.8 Å². The number of likely N-dealkylation sites (N-methyl/N-ethyl adjacent to an activating group) is 1. The van der Waals surface area contributed by atoms with E-state index in [1.54, 1.807) is 31.4 Å². The molecule has 0 bridgehead atoms. The van der Waals surface area contributed by atoms with Gasteiger partial charge in [0, 0.05) is 17.1 Å². The van der Waals surface area contributed by atoms with Crippen molar-refractivity contribution in [2.75, 3.05) is 26.1 Å². The van der Waals surface area contributed by atoms with Crippen LogP contribution in [0.1, 0.15) is 19.4 Å². The highest BCUT2D eigenvalue weighted by molar-refractivity contribution is 7.99. The highest BCUT2D eigenvalue weighted by Crippen LogP contribution is 2.29. The minimum absolute atomic E-state index is 0.181. The number of carbonyl (C=O) groups excluding carboxylic acids is 1. The Kier molecular flexibility index (Phi) is 8.72. The maximum Gasteiger partial charge on any atom is 0.288 e. The van der Waals surface area contributed by atoms with E-state index in [-0.39, 0.29) is 5.91 Å². The standard InChI is InChI=1S/C21H26F2N2O3S/c1-5-28-18-11-6-15(12-19(18)27-4)13-25(3)14(2)20(26)24-16-7-9-17(10-8-16)29-21(22)23/h6-12,14,21H,5,13H2,1-4H3,(H,24,26)/t14-/m0/s1. The molecule has 0 aromatic heterocycles. The Bertz CT molecular complexity index is 803. The van der Waals surface area contributed by atoms with E-state index < -0.39 is 11.8 Å². The highest BCUT2D eigenvalue weighted by atomic mass is 32.2. The number of alkyl halides is 2. The van der Waals surface area contributed by atoms with Gasteiger partial charge in [-0.15, -0.1) is 0 Å². The first kappa shape index (κ1) is 23.0. The number of halogens is 2. The molecule has 2 aromatic rings. The van der Waals surface area contributed by atoms with E-state index >= 15 is 0 Å². The molecule has 2 rings (SSSR count). The molecule has 0 saturated heterocycles. The Labute approximate surface area is 174 Å². The Hall–Kier alpha value is -2.32. The molecule has 1 N–H and O–H groups in total. The molecule has 8 heteroatoms. The number of thioether (sulfide) groups is 1. The van der Waals surface area contributed by atoms with Crippen LogP contribution in [-0.4, -0.2) is 43.4 Å². The molecule has 0 aliphatic rings. The number of benzene rings is 2. The average Bonchev–Trinajstić information content (AvgIpc) is 2.69. The highest BCUT2D eigenvalue weighted by Gasteiger charge is 2.19. The molecule has 0 aliphatic heterocycles. The number of amides is 1. The summed E-state index contributed by atoms with van der Waals surface area (Å²) in [5.41, 5.74) is 1.55. The van der Waals surface area contributed by atoms with Crippen LogP contribution in [-0.2, 0) is 11.3 Å². The number of hydrogen-bond acceptors (Lipinski definition) is 5. The first-order chi connectivity index (χ1) is 13.8. The van der Waals surface area contributed by atoms with E-state index in [4.69, 9.17) is 9.47 Å². The van der Waals surface area contributed by atoms with Crippen molar-refractivity contribution in [3.05, 3.63) is 48.0 Å². The van der Waals surface area contributed by atoms with Crippen LogP contribution in [0.4, 0.5) is 14.5 Å². The maximum absolute atomic E-state index is 12.5. The molecule has 0 saturated carbocycles. The van der Waals surface area contributed by atoms with E-state index in [1.807, 2.05) is 44.0 Å². The molecule has 0 unspecified atom stereocenters. The Morgan fingerprint density at radius 2 is 1.86 bits per heavy atom. The number of anilines is 1. The number of nitrogens with one attached hydrogen (secondary N) is 1. The SMILES string of the molecule is CCOc1ccc(CN(C)[C@@H](C)C(=O)Nc2ccc(SC(F)F)cc2)cc1OC. The van der Waals surface area contributed by atoms with Gasteiger partial charge < -0.3 is 14.8 Å². The molecule has 0 fully saturated rings. The molecule has 158 valence electrons. The molecule has 0 aliphatic carbocycles. The summed E-state index contributed by atoms with van der Waals surface area (Å²) in [6, 6.07) is 11.6. The smallest absolute Gasteiger partial charge is 0.288 e. The molecule has 2 aromatic carbocycles. The average molecular weight is 425 g/mol. The third-order valence-corrected chi connectivity index (χ3v) is 5.07. The fraction of sp³-hybridized carbons (Fsp3) is 0.381. The molecule has 29 heavy (non-hydrogen) atoms. The van der Waals surface area contributed by atoms with Gasteiger partial charge in [-0.3, -0.25) is 9.69 Å². The second-order valence-corrected chi connectivity index (χ2v) is 7.46. The van der Waals surface area contributed by atoms with Crippen LogP contribution in [0.2, 0.25) is 0 Å². The van der Waals surface area contributed by atoms with E-state index in [0.717, 1.165) is 5.56 Å². The van der Waals surface area contributed by atoms with Crippen LogP contribution in [0.15, 0.2) is 47.4 Å². The Morgan fingerprint density at radius 1 is 1.17 bits per heavy atom. The molecular weight excluding hydrogens is 398 g/mol. The predicted octanol–water partition coefficient (Wildman–Crippen LogP) is 4.87. The number of ether oxygens (including phenoxy) is 2. The lowest BCUT2D eigenvalue weighted by atomic mass is 10.1. The van der Waals surface area contributed by atoms with Gasteiger partial charge in [-0.1, -0.05) is 17.8 Å². The summed E-state index contributed by atoms with van der Waals surface area (Å²) < 4.78 is 35.7. The molecule has 1 atom stereocenters. The second kappa shape index (κ2) is 11.0. The van der Waals surface area contributed by atoms with Gasteiger partial charge in [-0.25, -0.2) is 0 Å². The maximum atomic E-state index is 12.5. The van der Waals surface area contributed by atoms with Crippen LogP contribution in [0.25, 0.3) is 0 Å². The lowest BCUT2D eigenvalue weighted by Gasteiger charge is -2.24. The summed E-state index contributed by atoms with van der Waals surface area (Å²) >= 11 is 0.472. The van der Waals surface area contributed by atoms with Crippen molar-refractivity contribution in [2.45, 2.75) is 37.1 Å². The first-order valence-electron chi connectivity index (χ1n) is 9.19. The first-order valence-corrected chi connectivity index (χ1v) is 10.1. The summed E-state index contributed by atoms with van der Waals surface area (Å²) in [4.78, 5) is 14.9. The monoisotopic (exact) mass is 424 g/mol. The van der Waals surface area contributed by atoms with Crippen molar-refractivity contribution in [1.82, 2.24) is 4.90 Å². The summed E-state index contributed by atoms with van der Waals surface area (Å²) in [6.45, 7) is 4.81. The van der Waals surface area contributed by atoms with Gasteiger partial charge in [-0.2, -0.15) is 8.78 Å². The fourth-order valence-corrected chi connectivity index (χ4v) is 3.18. The molecular formula is C21H26F2N2O3S. The summed E-state index contributed by atoms with van der Waals surface area (Å²) in [7, 11) is 3.45. The van der Waals surface area contributed by atoms with Gasteiger partial charge in [0.15, 0.2) is 11.5 Å². The van der Waals surface area contributed by atoms with Crippen LogP contribution in [0, 0.1) is 0 Å². The molecule has 0 radical (unpaired) electrons. The van der Waals surface area contributed by atoms with Gasteiger partial charge in [0.1, 0.15) is 0 Å². The minimum Gasteiger partial charge on any atom is -0.493 e. The van der Waals surface area contributed by atoms with Crippen LogP contribution in [0.5, 0.6) is 11.5 Å². The van der Waals surface area contributed by atoms with Crippen molar-refractivity contribution in [1.29, 1.82) is 0 Å². The number of nitrogens with zero attached hydrogens (tertiary/aromatic N) is 1. The number of rotatable bonds is 10. The van der Waals surface area contributed by atoms with Crippen molar-refractivity contribution >= 4 is 23.4 Å². The molecule has 0 heterocycles. The third kappa shape index (κ3) is 6.90. The largest absolute Gasteiger partial charge is 0.493 e. The number of methoxy groups -OCH3 is 1. The predicted molar refractivity (Wildman–Crippen MR) is 112 cm³/mol. The zero-order chi connectivity index (χ0) is 21.4. The topological polar surface area (TPSA) is 50.8 Å². The summed E-state index contributed by atoms with van der Waals surface area (Å²) in [6.07, 6.45) is 0. The van der Waals surface area contributed by atoms with Gasteiger partial charge >= 0.3 is 0 Å². The van der Waals surface area contributed by atoms with E-state index in [9.17, 15) is 13.6 Å². The molecule has 0 spiro atoms. The van der Waals surface area contributed by atoms with Crippen molar-refractivity contribution in [3.8, 4) is 11.5 Å². The number of hydrogen-bond donors (Lipinski definition) is 1. The van der Waals surface area contributed by atoms with Gasteiger partial charge in [0.05, 0.1) is 19.8 Å². The fourth-order valence-electron chi connectivity index (χ4n) is 2.68. The minimum atomic E-state index is -2.47. The lowest BCUT2D eigenvalue weighted by molar-refractivity contribution is -0.120. The quantitative estimate of drug-likeness (QED) is 0.552. The Balaban J connectivity index is 1.96. The van der Waals surface area contributed by atoms with Crippen molar-refractivity contribution in [2.24, 2.45) is 0 Å². The van der Waals surface area contributed by atoms with E-state index in [2.05, 4.69) is 5.32 Å². The van der Waals surface area contributed by atoms with Crippen LogP contribution >= 0.6 is 11.8 Å². The molecule has 1 amide bonds. The Morgan fingerprint density at radius 3 is 2.45 bits per heavy atom. The lowest BCUT2D eigenvalue weighted by Crippen LogP contribution is -2.39. The normalized spacial score (nSPS) is 12.1. The van der Waals surface area contributed by atoms with E-state index in [1.165, 1.54) is 0 Å². The summed E-state index contributed by atoms with van der Waals surface area (Å²) in [5.74, 6) is -1.32. The zero-order valence-corrected chi connectivity index (χ0v) is 17.8. The van der Waals surface area contributed by atoms with Crippen molar-refractivity contribution in [3.63, 3.8) is 0 Å². The van der Waals surface area contributed by atoms with Crippen LogP contribution in [0.3, 0.4) is 0 Å². The summed E-state index contributed by atoms with van der Waals surface area (Å²) in [5, 5.41) is 2.82. The zero-order valence-electron chi connectivity index (χ0n) is 16.9. The van der Waals surface area contributed by atoms with Gasteiger partial charge in [0.2, 0.25) is 5.91 Å². The van der Waals surface area contributed by atoms with E-state index in [0.29, 0.717) is 47.0 Å². The number of carbonyl (C=O) groups is 1.